The Hall–Kier alpha value is -1.56. The lowest BCUT2D eigenvalue weighted by Gasteiger charge is -2.24. The molecule has 1 atom stereocenters. The Balaban J connectivity index is 1.55. The molecule has 6 heteroatoms. The maximum atomic E-state index is 5.85. The Labute approximate surface area is 157 Å². The predicted octanol–water partition coefficient (Wildman–Crippen LogP) is 3.04. The average Bonchev–Trinajstić information content (AvgIpc) is 3.32. The molecule has 1 aromatic heterocycles. The van der Waals surface area contributed by atoms with Gasteiger partial charge in [-0.25, -0.2) is 9.98 Å². The zero-order chi connectivity index (χ0) is 18.6. The van der Waals surface area contributed by atoms with Crippen molar-refractivity contribution in [2.45, 2.75) is 83.8 Å². The third-order valence-electron chi connectivity index (χ3n) is 5.41. The minimum absolute atomic E-state index is 0.0226. The van der Waals surface area contributed by atoms with Gasteiger partial charge in [0.1, 0.15) is 12.3 Å². The standard InChI is InChI=1S/C20H35N5O/c1-5-21-19(23-13-18-22-12-17(26-18)20(2,3)4)24-15-10-11-25(14-15)16-8-6-7-9-16/h12,15-16H,5-11,13-14H2,1-4H3,(H2,21,23,24). The Kier molecular flexibility index (Phi) is 6.22. The predicted molar refractivity (Wildman–Crippen MR) is 105 cm³/mol. The number of aliphatic imine (C=N–C) groups is 1. The average molecular weight is 362 g/mol. The lowest BCUT2D eigenvalue weighted by atomic mass is 9.94. The minimum atomic E-state index is -0.0226. The van der Waals surface area contributed by atoms with Crippen LogP contribution in [0.15, 0.2) is 15.6 Å². The summed E-state index contributed by atoms with van der Waals surface area (Å²) in [4.78, 5) is 11.7. The highest BCUT2D eigenvalue weighted by molar-refractivity contribution is 5.80. The molecule has 0 bridgehead atoms. The van der Waals surface area contributed by atoms with E-state index in [4.69, 9.17) is 4.42 Å². The first-order chi connectivity index (χ1) is 12.5. The number of guanidine groups is 1. The fraction of sp³-hybridized carbons (Fsp3) is 0.800. The van der Waals surface area contributed by atoms with Crippen molar-refractivity contribution in [1.29, 1.82) is 0 Å². The van der Waals surface area contributed by atoms with Crippen LogP contribution in [0.1, 0.15) is 71.5 Å². The molecule has 2 fully saturated rings. The molecule has 2 N–H and O–H groups in total. The highest BCUT2D eigenvalue weighted by Crippen LogP contribution is 2.26. The Morgan fingerprint density at radius 2 is 2.08 bits per heavy atom. The zero-order valence-corrected chi connectivity index (χ0v) is 16.8. The van der Waals surface area contributed by atoms with Gasteiger partial charge in [-0.3, -0.25) is 4.90 Å². The Bertz CT molecular complexity index is 598. The highest BCUT2D eigenvalue weighted by atomic mass is 16.4. The van der Waals surface area contributed by atoms with Crippen LogP contribution in [0, 0.1) is 0 Å². The molecule has 1 saturated heterocycles. The maximum Gasteiger partial charge on any atom is 0.216 e. The van der Waals surface area contributed by atoms with E-state index in [-0.39, 0.29) is 5.41 Å². The third-order valence-corrected chi connectivity index (χ3v) is 5.41. The first kappa shape index (κ1) is 19.2. The molecular formula is C20H35N5O. The molecule has 0 spiro atoms. The summed E-state index contributed by atoms with van der Waals surface area (Å²) in [6, 6.07) is 1.28. The monoisotopic (exact) mass is 361 g/mol. The summed E-state index contributed by atoms with van der Waals surface area (Å²) in [5.74, 6) is 2.44. The summed E-state index contributed by atoms with van der Waals surface area (Å²) in [5.41, 5.74) is -0.0226. The topological polar surface area (TPSA) is 65.7 Å². The summed E-state index contributed by atoms with van der Waals surface area (Å²) in [6.07, 6.45) is 8.56. The zero-order valence-electron chi connectivity index (χ0n) is 16.8. The van der Waals surface area contributed by atoms with Gasteiger partial charge < -0.3 is 15.1 Å². The van der Waals surface area contributed by atoms with E-state index >= 15 is 0 Å². The van der Waals surface area contributed by atoms with Gasteiger partial charge in [0.2, 0.25) is 5.89 Å². The van der Waals surface area contributed by atoms with Gasteiger partial charge in [0.05, 0.1) is 6.20 Å². The van der Waals surface area contributed by atoms with Crippen LogP contribution in [0.4, 0.5) is 0 Å². The summed E-state index contributed by atoms with van der Waals surface area (Å²) in [5, 5.41) is 6.96. The van der Waals surface area contributed by atoms with Crippen molar-refractivity contribution in [2.24, 2.45) is 4.99 Å². The van der Waals surface area contributed by atoms with Crippen LogP contribution in [0.3, 0.4) is 0 Å². The lowest BCUT2D eigenvalue weighted by Crippen LogP contribution is -2.45. The lowest BCUT2D eigenvalue weighted by molar-refractivity contribution is 0.242. The fourth-order valence-corrected chi connectivity index (χ4v) is 3.90. The van der Waals surface area contributed by atoms with Crippen LogP contribution in [0.25, 0.3) is 0 Å². The number of nitrogens with one attached hydrogen (secondary N) is 2. The molecule has 1 aliphatic heterocycles. The number of rotatable bonds is 5. The molecule has 26 heavy (non-hydrogen) atoms. The molecule has 6 nitrogen and oxygen atoms in total. The number of hydrogen-bond donors (Lipinski definition) is 2. The van der Waals surface area contributed by atoms with Gasteiger partial charge in [-0.1, -0.05) is 33.6 Å². The van der Waals surface area contributed by atoms with Gasteiger partial charge in [-0.15, -0.1) is 0 Å². The van der Waals surface area contributed by atoms with Gasteiger partial charge in [-0.2, -0.15) is 0 Å². The van der Waals surface area contributed by atoms with E-state index in [0.29, 0.717) is 18.5 Å². The second kappa shape index (κ2) is 8.42. The van der Waals surface area contributed by atoms with Crippen molar-refractivity contribution in [3.63, 3.8) is 0 Å². The van der Waals surface area contributed by atoms with Gasteiger partial charge in [0.15, 0.2) is 5.96 Å². The SMILES string of the molecule is CCNC(=NCc1ncc(C(C)(C)C)o1)NC1CCN(C2CCCC2)C1. The van der Waals surface area contributed by atoms with E-state index in [0.717, 1.165) is 30.9 Å². The van der Waals surface area contributed by atoms with Crippen molar-refractivity contribution in [2.75, 3.05) is 19.6 Å². The van der Waals surface area contributed by atoms with E-state index in [9.17, 15) is 0 Å². The summed E-state index contributed by atoms with van der Waals surface area (Å²) < 4.78 is 5.85. The molecule has 0 amide bonds. The molecule has 0 aromatic carbocycles. The molecular weight excluding hydrogens is 326 g/mol. The second-order valence-electron chi connectivity index (χ2n) is 8.63. The summed E-state index contributed by atoms with van der Waals surface area (Å²) in [7, 11) is 0. The largest absolute Gasteiger partial charge is 0.443 e. The van der Waals surface area contributed by atoms with E-state index in [2.05, 4.69) is 53.2 Å². The fourth-order valence-electron chi connectivity index (χ4n) is 3.90. The first-order valence-electron chi connectivity index (χ1n) is 10.2. The quantitative estimate of drug-likeness (QED) is 0.623. The van der Waals surface area contributed by atoms with E-state index in [1.165, 1.54) is 38.6 Å². The molecule has 1 saturated carbocycles. The van der Waals surface area contributed by atoms with Crippen molar-refractivity contribution in [3.05, 3.63) is 17.8 Å². The van der Waals surface area contributed by atoms with Crippen LogP contribution >= 0.6 is 0 Å². The van der Waals surface area contributed by atoms with E-state index < -0.39 is 0 Å². The van der Waals surface area contributed by atoms with Crippen LogP contribution in [0.5, 0.6) is 0 Å². The molecule has 146 valence electrons. The van der Waals surface area contributed by atoms with Gasteiger partial charge in [0.25, 0.3) is 0 Å². The Morgan fingerprint density at radius 1 is 1.31 bits per heavy atom. The number of likely N-dealkylation sites (tertiary alicyclic amines) is 1. The molecule has 3 rings (SSSR count). The molecule has 0 radical (unpaired) electrons. The van der Waals surface area contributed by atoms with E-state index in [1.54, 1.807) is 0 Å². The highest BCUT2D eigenvalue weighted by Gasteiger charge is 2.30. The van der Waals surface area contributed by atoms with Crippen LogP contribution in [0.2, 0.25) is 0 Å². The van der Waals surface area contributed by atoms with Crippen LogP contribution in [-0.2, 0) is 12.0 Å². The second-order valence-corrected chi connectivity index (χ2v) is 8.63. The van der Waals surface area contributed by atoms with Crippen molar-refractivity contribution >= 4 is 5.96 Å². The van der Waals surface area contributed by atoms with Crippen molar-refractivity contribution in [3.8, 4) is 0 Å². The van der Waals surface area contributed by atoms with Crippen molar-refractivity contribution in [1.82, 2.24) is 20.5 Å². The first-order valence-corrected chi connectivity index (χ1v) is 10.2. The van der Waals surface area contributed by atoms with Crippen LogP contribution < -0.4 is 10.6 Å². The van der Waals surface area contributed by atoms with Gasteiger partial charge in [0, 0.05) is 37.1 Å². The third kappa shape index (κ3) is 5.00. The minimum Gasteiger partial charge on any atom is -0.443 e. The van der Waals surface area contributed by atoms with Gasteiger partial charge in [-0.05, 0) is 26.2 Å². The smallest absolute Gasteiger partial charge is 0.216 e. The van der Waals surface area contributed by atoms with E-state index in [1.807, 2.05) is 6.20 Å². The van der Waals surface area contributed by atoms with Crippen LogP contribution in [-0.4, -0.2) is 47.6 Å². The summed E-state index contributed by atoms with van der Waals surface area (Å²) >= 11 is 0. The van der Waals surface area contributed by atoms with Crippen molar-refractivity contribution < 1.29 is 4.42 Å². The van der Waals surface area contributed by atoms with Gasteiger partial charge >= 0.3 is 0 Å². The normalized spacial score (nSPS) is 22.9. The maximum absolute atomic E-state index is 5.85. The molecule has 2 heterocycles. The molecule has 1 aromatic rings. The number of oxazole rings is 1. The molecule has 1 unspecified atom stereocenters. The Morgan fingerprint density at radius 3 is 2.73 bits per heavy atom. The number of nitrogens with zero attached hydrogens (tertiary/aromatic N) is 3. The molecule has 1 aliphatic carbocycles. The number of hydrogen-bond acceptors (Lipinski definition) is 4. The summed E-state index contributed by atoms with van der Waals surface area (Å²) in [6.45, 7) is 12.1. The molecule has 2 aliphatic rings. The number of aromatic nitrogens is 1.